The summed E-state index contributed by atoms with van der Waals surface area (Å²) in [7, 11) is 0. The summed E-state index contributed by atoms with van der Waals surface area (Å²) in [4.78, 5) is 15.6. The van der Waals surface area contributed by atoms with Crippen LogP contribution < -0.4 is 0 Å². The summed E-state index contributed by atoms with van der Waals surface area (Å²) in [6.07, 6.45) is 13.8. The van der Waals surface area contributed by atoms with Crippen molar-refractivity contribution in [2.75, 3.05) is 0 Å². The molecule has 0 saturated carbocycles. The maximum absolute atomic E-state index is 5.26. The fourth-order valence-electron chi connectivity index (χ4n) is 10.6. The first-order chi connectivity index (χ1) is 34.0. The van der Waals surface area contributed by atoms with E-state index in [1.165, 1.54) is 55.7 Å². The molecule has 0 fully saturated rings. The molecule has 0 unspecified atom stereocenters. The largest absolute Gasteiger partial charge is 0.208 e. The minimum atomic E-state index is -0.433. The Hall–Kier alpha value is -8.27. The third-order valence-corrected chi connectivity index (χ3v) is 13.5. The molecular weight excluding hydrogens is 835 g/mol. The highest BCUT2D eigenvalue weighted by molar-refractivity contribution is 6.03. The van der Waals surface area contributed by atoms with Crippen molar-refractivity contribution in [1.29, 1.82) is 0 Å². The van der Waals surface area contributed by atoms with Gasteiger partial charge in [0, 0.05) is 16.7 Å². The molecule has 11 rings (SSSR count). The summed E-state index contributed by atoms with van der Waals surface area (Å²) >= 11 is 0. The van der Waals surface area contributed by atoms with Crippen molar-refractivity contribution in [2.45, 2.75) is 46.5 Å². The number of hydrogen-bond acceptors (Lipinski definition) is 3. The van der Waals surface area contributed by atoms with Gasteiger partial charge >= 0.3 is 0 Å². The molecular formula is C66H55N3. The van der Waals surface area contributed by atoms with Gasteiger partial charge in [-0.15, -0.1) is 0 Å². The molecule has 2 aliphatic carbocycles. The summed E-state index contributed by atoms with van der Waals surface area (Å²) in [5.41, 5.74) is 19.7. The molecule has 3 nitrogen and oxygen atoms in total. The second-order valence-electron chi connectivity index (χ2n) is 17.3. The van der Waals surface area contributed by atoms with Crippen LogP contribution in [-0.4, -0.2) is 15.0 Å². The van der Waals surface area contributed by atoms with Crippen LogP contribution in [0.5, 0.6) is 0 Å². The van der Waals surface area contributed by atoms with Gasteiger partial charge in [0.05, 0.1) is 5.41 Å². The van der Waals surface area contributed by atoms with Crippen LogP contribution in [0.25, 0.3) is 89.5 Å². The molecule has 69 heavy (non-hydrogen) atoms. The molecule has 0 N–H and O–H groups in total. The Labute approximate surface area is 407 Å². The molecule has 9 aromatic rings. The number of hydrogen-bond donors (Lipinski definition) is 0. The average molecular weight is 890 g/mol. The molecule has 0 aliphatic heterocycles. The predicted octanol–water partition coefficient (Wildman–Crippen LogP) is 17.6. The summed E-state index contributed by atoms with van der Waals surface area (Å²) in [5, 5.41) is 2.26. The molecule has 0 radical (unpaired) electrons. The lowest BCUT2D eigenvalue weighted by Crippen LogP contribution is -2.26. The normalized spacial score (nSPS) is 14.5. The Bertz CT molecular complexity index is 3490. The summed E-state index contributed by atoms with van der Waals surface area (Å²) in [5.74, 6) is 1.84. The van der Waals surface area contributed by atoms with E-state index in [9.17, 15) is 0 Å². The van der Waals surface area contributed by atoms with Crippen LogP contribution in [0.4, 0.5) is 0 Å². The van der Waals surface area contributed by atoms with E-state index in [0.717, 1.165) is 56.1 Å². The first kappa shape index (κ1) is 44.6. The average Bonchev–Trinajstić information content (AvgIpc) is 3.88. The standard InChI is InChI=1S/C64H49N3.C2H6/c1-5-9-22-42(7-3)49-39-50(43-23-12-10-13-24-43)41-51(40-49)63-66-61(44-25-14-11-15-26-44)65-62(67-63)48-36-34-45-37-47(35-33-46(45)38-48)52-29-20-30-56-53(21-6-2)57(8-4)64(60(52)56)58-31-18-16-27-54(58)55-28-17-19-32-59(55)64;1-2/h5,7-41H,3,6H2,1-2,4H3;1-2H3/b9-5-,42-22+,53-21-,57-8+;. The van der Waals surface area contributed by atoms with E-state index in [1.54, 1.807) is 0 Å². The quantitative estimate of drug-likeness (QED) is 0.136. The highest BCUT2D eigenvalue weighted by Crippen LogP contribution is 2.65. The lowest BCUT2D eigenvalue weighted by molar-refractivity contribution is 0.794. The van der Waals surface area contributed by atoms with Crippen LogP contribution in [0, 0.1) is 0 Å². The molecule has 1 spiro atoms. The van der Waals surface area contributed by atoms with E-state index in [1.807, 2.05) is 63.3 Å². The van der Waals surface area contributed by atoms with Gasteiger partial charge in [-0.25, -0.2) is 15.0 Å². The summed E-state index contributed by atoms with van der Waals surface area (Å²) in [6.45, 7) is 14.6. The molecule has 0 saturated heterocycles. The summed E-state index contributed by atoms with van der Waals surface area (Å²) in [6, 6.07) is 65.6. The molecule has 0 bridgehead atoms. The maximum Gasteiger partial charge on any atom is 0.164 e. The van der Waals surface area contributed by atoms with E-state index in [4.69, 9.17) is 15.0 Å². The minimum absolute atomic E-state index is 0.433. The number of rotatable bonds is 9. The lowest BCUT2D eigenvalue weighted by atomic mass is 9.68. The minimum Gasteiger partial charge on any atom is -0.208 e. The van der Waals surface area contributed by atoms with Crippen LogP contribution in [0.15, 0.2) is 231 Å². The lowest BCUT2D eigenvalue weighted by Gasteiger charge is -2.32. The zero-order chi connectivity index (χ0) is 47.5. The predicted molar refractivity (Wildman–Crippen MR) is 293 cm³/mol. The number of allylic oxidation sites excluding steroid dienone is 9. The zero-order valence-electron chi connectivity index (χ0n) is 40.0. The molecule has 2 aliphatic rings. The third-order valence-electron chi connectivity index (χ3n) is 13.5. The fraction of sp³-hybridized carbons (Fsp3) is 0.106. The van der Waals surface area contributed by atoms with Crippen molar-refractivity contribution < 1.29 is 0 Å². The molecule has 0 amide bonds. The Kier molecular flexibility index (Phi) is 12.4. The Morgan fingerprint density at radius 3 is 1.67 bits per heavy atom. The number of nitrogens with zero attached hydrogens (tertiary/aromatic N) is 3. The number of benzene rings is 8. The van der Waals surface area contributed by atoms with Gasteiger partial charge in [0.25, 0.3) is 0 Å². The van der Waals surface area contributed by atoms with Crippen LogP contribution in [0.1, 0.15) is 68.9 Å². The molecule has 3 heteroatoms. The van der Waals surface area contributed by atoms with Crippen molar-refractivity contribution in [3.63, 3.8) is 0 Å². The van der Waals surface area contributed by atoms with Crippen molar-refractivity contribution in [1.82, 2.24) is 15.0 Å². The highest BCUT2D eigenvalue weighted by Gasteiger charge is 2.54. The van der Waals surface area contributed by atoms with E-state index in [-0.39, 0.29) is 0 Å². The fourth-order valence-corrected chi connectivity index (χ4v) is 10.6. The molecule has 1 aromatic heterocycles. The van der Waals surface area contributed by atoms with Gasteiger partial charge in [0.1, 0.15) is 0 Å². The van der Waals surface area contributed by atoms with Crippen molar-refractivity contribution in [2.24, 2.45) is 0 Å². The Morgan fingerprint density at radius 2 is 1.04 bits per heavy atom. The second-order valence-corrected chi connectivity index (χ2v) is 17.3. The Balaban J connectivity index is 0.00000273. The van der Waals surface area contributed by atoms with Crippen LogP contribution in [0.2, 0.25) is 0 Å². The molecule has 334 valence electrons. The van der Waals surface area contributed by atoms with E-state index < -0.39 is 5.41 Å². The summed E-state index contributed by atoms with van der Waals surface area (Å²) < 4.78 is 0. The van der Waals surface area contributed by atoms with Gasteiger partial charge in [-0.3, -0.25) is 0 Å². The van der Waals surface area contributed by atoms with E-state index in [2.05, 4.69) is 196 Å². The number of aromatic nitrogens is 3. The first-order valence-corrected chi connectivity index (χ1v) is 24.3. The van der Waals surface area contributed by atoms with Crippen LogP contribution >= 0.6 is 0 Å². The molecule has 0 atom stereocenters. The van der Waals surface area contributed by atoms with E-state index in [0.29, 0.717) is 17.5 Å². The Morgan fingerprint density at radius 1 is 0.507 bits per heavy atom. The van der Waals surface area contributed by atoms with Gasteiger partial charge in [-0.05, 0) is 139 Å². The van der Waals surface area contributed by atoms with E-state index >= 15 is 0 Å². The van der Waals surface area contributed by atoms with Crippen molar-refractivity contribution >= 4 is 21.9 Å². The second kappa shape index (κ2) is 19.1. The molecule has 1 heterocycles. The third kappa shape index (κ3) is 7.71. The van der Waals surface area contributed by atoms with Crippen LogP contribution in [0.3, 0.4) is 0 Å². The van der Waals surface area contributed by atoms with Gasteiger partial charge in [0.15, 0.2) is 17.5 Å². The van der Waals surface area contributed by atoms with Gasteiger partial charge in [0.2, 0.25) is 0 Å². The maximum atomic E-state index is 5.26. The van der Waals surface area contributed by atoms with Gasteiger partial charge in [-0.1, -0.05) is 215 Å². The monoisotopic (exact) mass is 889 g/mol. The topological polar surface area (TPSA) is 38.7 Å². The van der Waals surface area contributed by atoms with Crippen molar-refractivity contribution in [3.05, 3.63) is 258 Å². The molecule has 8 aromatic carbocycles. The highest BCUT2D eigenvalue weighted by atomic mass is 15.0. The van der Waals surface area contributed by atoms with Gasteiger partial charge in [-0.2, -0.15) is 0 Å². The zero-order valence-corrected chi connectivity index (χ0v) is 40.0. The smallest absolute Gasteiger partial charge is 0.164 e. The first-order valence-electron chi connectivity index (χ1n) is 24.3. The van der Waals surface area contributed by atoms with Crippen molar-refractivity contribution in [3.8, 4) is 67.5 Å². The van der Waals surface area contributed by atoms with Gasteiger partial charge < -0.3 is 0 Å². The van der Waals surface area contributed by atoms with Crippen LogP contribution in [-0.2, 0) is 5.41 Å². The number of fused-ring (bicyclic) bond motifs is 8. The SMILES string of the molecule is C=C/C(=C\C=C/C)c1cc(-c2ccccc2)cc(-c2nc(-c3ccccc3)nc(-c3ccc4cc(-c5cccc6c5C5(C(=C/C)/C6=C\CC)c6ccccc6-c6ccccc65)ccc4c3)n2)c1.CC.